The van der Waals surface area contributed by atoms with E-state index in [1.165, 1.54) is 7.11 Å². The fourth-order valence-electron chi connectivity index (χ4n) is 2.12. The molecule has 1 aliphatic rings. The molecular weight excluding hydrogens is 284 g/mol. The summed E-state index contributed by atoms with van der Waals surface area (Å²) < 4.78 is 10.3. The highest BCUT2D eigenvalue weighted by molar-refractivity contribution is 5.68. The van der Waals surface area contributed by atoms with Crippen LogP contribution in [0.15, 0.2) is 18.2 Å². The molecule has 2 unspecified atom stereocenters. The highest BCUT2D eigenvalue weighted by Gasteiger charge is 2.38. The molecule has 0 aromatic heterocycles. The van der Waals surface area contributed by atoms with Gasteiger partial charge in [0.2, 0.25) is 0 Å². The van der Waals surface area contributed by atoms with E-state index >= 15 is 0 Å². The third-order valence-corrected chi connectivity index (χ3v) is 3.31. The third kappa shape index (κ3) is 4.80. The summed E-state index contributed by atoms with van der Waals surface area (Å²) in [4.78, 5) is 11.6. The van der Waals surface area contributed by atoms with Crippen molar-refractivity contribution in [3.05, 3.63) is 23.8 Å². The van der Waals surface area contributed by atoms with Crippen molar-refractivity contribution in [3.8, 4) is 11.5 Å². The molecule has 3 N–H and O–H groups in total. The molecule has 122 valence electrons. The van der Waals surface area contributed by atoms with Gasteiger partial charge in [0.05, 0.1) is 7.11 Å². The maximum atomic E-state index is 11.6. The highest BCUT2D eigenvalue weighted by Crippen LogP contribution is 2.27. The van der Waals surface area contributed by atoms with Crippen LogP contribution >= 0.6 is 0 Å². The first kappa shape index (κ1) is 16.4. The fraction of sp³-hybridized carbons (Fsp3) is 0.562. The zero-order chi connectivity index (χ0) is 16.3. The van der Waals surface area contributed by atoms with Gasteiger partial charge in [0.25, 0.3) is 0 Å². The van der Waals surface area contributed by atoms with Crippen LogP contribution in [0.5, 0.6) is 11.5 Å². The molecule has 0 heterocycles. The van der Waals surface area contributed by atoms with Crippen LogP contribution in [0.4, 0.5) is 4.79 Å². The third-order valence-electron chi connectivity index (χ3n) is 3.31. The lowest BCUT2D eigenvalue weighted by atomic mass is 10.2. The average molecular weight is 308 g/mol. The summed E-state index contributed by atoms with van der Waals surface area (Å²) in [6.07, 6.45) is 0.502. The van der Waals surface area contributed by atoms with Gasteiger partial charge in [-0.05, 0) is 44.9 Å². The Morgan fingerprint density at radius 3 is 2.73 bits per heavy atom. The predicted octanol–water partition coefficient (Wildman–Crippen LogP) is 2.16. The average Bonchev–Trinajstić information content (AvgIpc) is 3.13. The lowest BCUT2D eigenvalue weighted by Crippen LogP contribution is -2.36. The number of benzene rings is 1. The number of nitrogens with one attached hydrogen (secondary N) is 2. The molecule has 0 aliphatic heterocycles. The molecule has 1 fully saturated rings. The molecule has 0 spiro atoms. The Bertz CT molecular complexity index is 539. The lowest BCUT2D eigenvalue weighted by Gasteiger charge is -2.19. The van der Waals surface area contributed by atoms with Crippen LogP contribution in [-0.4, -0.2) is 36.0 Å². The number of carbonyl (C=O) groups excluding carboxylic acids is 1. The zero-order valence-electron chi connectivity index (χ0n) is 13.5. The van der Waals surface area contributed by atoms with Gasteiger partial charge in [0.1, 0.15) is 5.60 Å². The Hall–Kier alpha value is -1.95. The summed E-state index contributed by atoms with van der Waals surface area (Å²) in [7, 11) is 1.52. The molecule has 1 aromatic rings. The Labute approximate surface area is 130 Å². The van der Waals surface area contributed by atoms with Crippen molar-refractivity contribution in [2.45, 2.75) is 51.4 Å². The SMILES string of the molecule is COc1cc(CNC2CC2NC(=O)OC(C)(C)C)ccc1O. The quantitative estimate of drug-likeness (QED) is 0.777. The van der Waals surface area contributed by atoms with E-state index in [1.807, 2.05) is 26.8 Å². The summed E-state index contributed by atoms with van der Waals surface area (Å²) >= 11 is 0. The molecule has 0 bridgehead atoms. The van der Waals surface area contributed by atoms with Crippen LogP contribution < -0.4 is 15.4 Å². The van der Waals surface area contributed by atoms with E-state index in [1.54, 1.807) is 12.1 Å². The maximum Gasteiger partial charge on any atom is 0.407 e. The van der Waals surface area contributed by atoms with E-state index < -0.39 is 5.60 Å². The van der Waals surface area contributed by atoms with Crippen molar-refractivity contribution < 1.29 is 19.4 Å². The number of carbonyl (C=O) groups is 1. The molecule has 1 amide bonds. The van der Waals surface area contributed by atoms with Gasteiger partial charge in [-0.15, -0.1) is 0 Å². The van der Waals surface area contributed by atoms with Crippen LogP contribution in [0.1, 0.15) is 32.8 Å². The first-order chi connectivity index (χ1) is 10.3. The summed E-state index contributed by atoms with van der Waals surface area (Å²) in [6, 6.07) is 5.59. The predicted molar refractivity (Wildman–Crippen MR) is 83.1 cm³/mol. The normalized spacial score (nSPS) is 20.4. The largest absolute Gasteiger partial charge is 0.504 e. The molecule has 2 atom stereocenters. The molecular formula is C16H24N2O4. The second-order valence-electron chi connectivity index (χ2n) is 6.48. The first-order valence-electron chi connectivity index (χ1n) is 7.37. The minimum atomic E-state index is -0.482. The Balaban J connectivity index is 1.75. The number of hydrogen-bond acceptors (Lipinski definition) is 5. The van der Waals surface area contributed by atoms with E-state index in [-0.39, 0.29) is 23.9 Å². The number of ether oxygens (including phenoxy) is 2. The topological polar surface area (TPSA) is 79.8 Å². The van der Waals surface area contributed by atoms with Gasteiger partial charge < -0.3 is 25.2 Å². The van der Waals surface area contributed by atoms with Crippen LogP contribution in [0.3, 0.4) is 0 Å². The van der Waals surface area contributed by atoms with Crippen LogP contribution in [-0.2, 0) is 11.3 Å². The van der Waals surface area contributed by atoms with Crippen molar-refractivity contribution in [1.29, 1.82) is 0 Å². The standard InChI is InChI=1S/C16H24N2O4/c1-16(2,3)22-15(20)18-12-8-11(12)17-9-10-5-6-13(19)14(7-10)21-4/h5-7,11-12,17,19H,8-9H2,1-4H3,(H,18,20). The second kappa shape index (κ2) is 6.44. The summed E-state index contributed by atoms with van der Waals surface area (Å²) in [5, 5.41) is 15.7. The number of aromatic hydroxyl groups is 1. The molecule has 1 saturated carbocycles. The van der Waals surface area contributed by atoms with Gasteiger partial charge in [0.15, 0.2) is 11.5 Å². The van der Waals surface area contributed by atoms with Crippen LogP contribution in [0.2, 0.25) is 0 Å². The Morgan fingerprint density at radius 1 is 1.36 bits per heavy atom. The molecule has 0 saturated heterocycles. The smallest absolute Gasteiger partial charge is 0.407 e. The van der Waals surface area contributed by atoms with Gasteiger partial charge in [-0.25, -0.2) is 4.79 Å². The molecule has 1 aromatic carbocycles. The molecule has 6 nitrogen and oxygen atoms in total. The number of rotatable bonds is 5. The van der Waals surface area contributed by atoms with Gasteiger partial charge in [-0.1, -0.05) is 6.07 Å². The number of alkyl carbamates (subject to hydrolysis) is 1. The lowest BCUT2D eigenvalue weighted by molar-refractivity contribution is 0.0522. The van der Waals surface area contributed by atoms with Gasteiger partial charge in [-0.3, -0.25) is 0 Å². The number of amides is 1. The van der Waals surface area contributed by atoms with Crippen molar-refractivity contribution in [1.82, 2.24) is 10.6 Å². The van der Waals surface area contributed by atoms with Crippen LogP contribution in [0.25, 0.3) is 0 Å². The van der Waals surface area contributed by atoms with Crippen molar-refractivity contribution in [3.63, 3.8) is 0 Å². The van der Waals surface area contributed by atoms with E-state index in [0.29, 0.717) is 12.3 Å². The number of phenolic OH excluding ortho intramolecular Hbond substituents is 1. The van der Waals surface area contributed by atoms with Crippen molar-refractivity contribution in [2.75, 3.05) is 7.11 Å². The Kier molecular flexibility index (Phi) is 4.81. The monoisotopic (exact) mass is 308 g/mol. The summed E-state index contributed by atoms with van der Waals surface area (Å²) in [5.41, 5.74) is 0.530. The highest BCUT2D eigenvalue weighted by atomic mass is 16.6. The van der Waals surface area contributed by atoms with Crippen molar-refractivity contribution >= 4 is 6.09 Å². The van der Waals surface area contributed by atoms with Gasteiger partial charge >= 0.3 is 6.09 Å². The number of hydrogen-bond donors (Lipinski definition) is 3. The van der Waals surface area contributed by atoms with E-state index in [0.717, 1.165) is 12.0 Å². The van der Waals surface area contributed by atoms with Gasteiger partial charge in [0, 0.05) is 18.6 Å². The molecule has 1 aliphatic carbocycles. The van der Waals surface area contributed by atoms with E-state index in [9.17, 15) is 9.90 Å². The van der Waals surface area contributed by atoms with Gasteiger partial charge in [-0.2, -0.15) is 0 Å². The number of methoxy groups -OCH3 is 1. The fourth-order valence-corrected chi connectivity index (χ4v) is 2.12. The first-order valence-corrected chi connectivity index (χ1v) is 7.37. The molecule has 0 radical (unpaired) electrons. The molecule has 22 heavy (non-hydrogen) atoms. The molecule has 6 heteroatoms. The minimum absolute atomic E-state index is 0.105. The van der Waals surface area contributed by atoms with Crippen LogP contribution in [0, 0.1) is 0 Å². The second-order valence-corrected chi connectivity index (χ2v) is 6.48. The molecule has 2 rings (SSSR count). The van der Waals surface area contributed by atoms with E-state index in [2.05, 4.69) is 10.6 Å². The summed E-state index contributed by atoms with van der Waals surface area (Å²) in [6.45, 7) is 6.17. The number of phenols is 1. The zero-order valence-corrected chi connectivity index (χ0v) is 13.5. The van der Waals surface area contributed by atoms with Crippen molar-refractivity contribution in [2.24, 2.45) is 0 Å². The van der Waals surface area contributed by atoms with E-state index in [4.69, 9.17) is 9.47 Å². The Morgan fingerprint density at radius 2 is 2.09 bits per heavy atom. The minimum Gasteiger partial charge on any atom is -0.504 e. The maximum absolute atomic E-state index is 11.6. The summed E-state index contributed by atoms with van der Waals surface area (Å²) in [5.74, 6) is 0.584.